The zero-order valence-corrected chi connectivity index (χ0v) is 9.44. The van der Waals surface area contributed by atoms with Gasteiger partial charge in [-0.1, -0.05) is 55.1 Å². The lowest BCUT2D eigenvalue weighted by Crippen LogP contribution is -2.03. The lowest BCUT2D eigenvalue weighted by molar-refractivity contribution is 0.0993. The lowest BCUT2D eigenvalue weighted by atomic mass is 9.96. The van der Waals surface area contributed by atoms with Crippen molar-refractivity contribution in [1.29, 1.82) is 0 Å². The van der Waals surface area contributed by atoms with Gasteiger partial charge in [-0.15, -0.1) is 0 Å². The number of rotatable bonds is 0. The van der Waals surface area contributed by atoms with E-state index in [1.54, 1.807) is 0 Å². The van der Waals surface area contributed by atoms with Crippen LogP contribution in [0.4, 0.5) is 0 Å². The molecule has 0 aromatic heterocycles. The lowest BCUT2D eigenvalue weighted by Gasteiger charge is -2.08. The molecule has 0 N–H and O–H groups in total. The molecular formula is C16H12O. The van der Waals surface area contributed by atoms with Crippen molar-refractivity contribution >= 4 is 11.4 Å². The summed E-state index contributed by atoms with van der Waals surface area (Å²) in [5.41, 5.74) is 4.85. The molecule has 0 heterocycles. The van der Waals surface area contributed by atoms with Crippen LogP contribution < -0.4 is 0 Å². The number of Topliss-reactive ketones (excluding diaryl/α,β-unsaturated/α-hetero) is 1. The monoisotopic (exact) mass is 220 g/mol. The van der Waals surface area contributed by atoms with Gasteiger partial charge in [0.25, 0.3) is 0 Å². The molecule has 0 saturated heterocycles. The summed E-state index contributed by atoms with van der Waals surface area (Å²) in [5.74, 6) is 0.173. The predicted octanol–water partition coefficient (Wildman–Crippen LogP) is 3.49. The largest absolute Gasteiger partial charge is 0.294 e. The summed E-state index contributed by atoms with van der Waals surface area (Å²) >= 11 is 0. The normalized spacial score (nSPS) is 13.9. The van der Waals surface area contributed by atoms with E-state index in [0.29, 0.717) is 6.42 Å². The number of hydrogen-bond donors (Lipinski definition) is 0. The highest BCUT2D eigenvalue weighted by molar-refractivity contribution is 6.05. The summed E-state index contributed by atoms with van der Waals surface area (Å²) < 4.78 is 0. The predicted molar refractivity (Wildman–Crippen MR) is 69.1 cm³/mol. The van der Waals surface area contributed by atoms with Crippen LogP contribution >= 0.6 is 0 Å². The van der Waals surface area contributed by atoms with Crippen LogP contribution in [0.5, 0.6) is 0 Å². The second-order valence-corrected chi connectivity index (χ2v) is 4.28. The number of carbonyl (C=O) groups excluding carboxylic acids is 1. The van der Waals surface area contributed by atoms with Gasteiger partial charge in [0.05, 0.1) is 0 Å². The molecule has 1 heteroatoms. The second-order valence-electron chi connectivity index (χ2n) is 4.28. The van der Waals surface area contributed by atoms with Crippen LogP contribution in [0.2, 0.25) is 0 Å². The van der Waals surface area contributed by atoms with Crippen molar-refractivity contribution in [3.63, 3.8) is 0 Å². The maximum absolute atomic E-state index is 12.2. The van der Waals surface area contributed by atoms with Crippen LogP contribution in [-0.2, 0) is 6.42 Å². The smallest absolute Gasteiger partial charge is 0.167 e. The van der Waals surface area contributed by atoms with E-state index in [1.165, 1.54) is 0 Å². The van der Waals surface area contributed by atoms with Crippen molar-refractivity contribution in [1.82, 2.24) is 0 Å². The fourth-order valence-corrected chi connectivity index (χ4v) is 2.37. The number of benzene rings is 2. The molecule has 1 aliphatic carbocycles. The fourth-order valence-electron chi connectivity index (χ4n) is 2.37. The third-order valence-electron chi connectivity index (χ3n) is 3.25. The highest BCUT2D eigenvalue weighted by Gasteiger charge is 2.21. The van der Waals surface area contributed by atoms with E-state index in [4.69, 9.17) is 0 Å². The van der Waals surface area contributed by atoms with Crippen molar-refractivity contribution in [2.45, 2.75) is 6.42 Å². The maximum Gasteiger partial charge on any atom is 0.167 e. The first kappa shape index (κ1) is 10.0. The van der Waals surface area contributed by atoms with Crippen LogP contribution in [0.3, 0.4) is 0 Å². The maximum atomic E-state index is 12.2. The van der Waals surface area contributed by atoms with Gasteiger partial charge in [-0.3, -0.25) is 4.79 Å². The average Bonchev–Trinajstić information content (AvgIpc) is 2.48. The Morgan fingerprint density at radius 2 is 1.41 bits per heavy atom. The Balaban J connectivity index is 2.30. The molecule has 3 rings (SSSR count). The standard InChI is InChI=1S/C16H12O/c1-11-13-7-3-2-6-12(13)10-16(17)15-9-5-4-8-14(11)15/h2-9H,1,10H2. The molecule has 0 spiro atoms. The SMILES string of the molecule is C=C1c2ccccc2CC(=O)c2ccccc21. The Bertz CT molecular complexity index is 623. The summed E-state index contributed by atoms with van der Waals surface area (Å²) in [7, 11) is 0. The van der Waals surface area contributed by atoms with E-state index in [-0.39, 0.29) is 5.78 Å². The van der Waals surface area contributed by atoms with E-state index in [2.05, 4.69) is 6.58 Å². The minimum atomic E-state index is 0.173. The third-order valence-corrected chi connectivity index (χ3v) is 3.25. The molecule has 2 aromatic rings. The van der Waals surface area contributed by atoms with Crippen LogP contribution in [0.25, 0.3) is 5.57 Å². The highest BCUT2D eigenvalue weighted by atomic mass is 16.1. The average molecular weight is 220 g/mol. The molecule has 0 unspecified atom stereocenters. The fraction of sp³-hybridized carbons (Fsp3) is 0.0625. The number of carbonyl (C=O) groups is 1. The molecular weight excluding hydrogens is 208 g/mol. The molecule has 0 radical (unpaired) electrons. The highest BCUT2D eigenvalue weighted by Crippen LogP contribution is 2.31. The van der Waals surface area contributed by atoms with E-state index in [0.717, 1.165) is 27.8 Å². The minimum Gasteiger partial charge on any atom is -0.294 e. The van der Waals surface area contributed by atoms with Gasteiger partial charge >= 0.3 is 0 Å². The summed E-state index contributed by atoms with van der Waals surface area (Å²) in [6.45, 7) is 4.14. The Morgan fingerprint density at radius 3 is 2.18 bits per heavy atom. The van der Waals surface area contributed by atoms with Gasteiger partial charge in [-0.25, -0.2) is 0 Å². The van der Waals surface area contributed by atoms with Crippen molar-refractivity contribution in [2.75, 3.05) is 0 Å². The van der Waals surface area contributed by atoms with E-state index >= 15 is 0 Å². The van der Waals surface area contributed by atoms with Gasteiger partial charge in [0.2, 0.25) is 0 Å². The first-order valence-corrected chi connectivity index (χ1v) is 5.67. The first-order chi connectivity index (χ1) is 8.27. The molecule has 0 aliphatic heterocycles. The summed E-state index contributed by atoms with van der Waals surface area (Å²) in [6, 6.07) is 15.7. The van der Waals surface area contributed by atoms with Crippen molar-refractivity contribution in [3.05, 3.63) is 77.4 Å². The number of fused-ring (bicyclic) bond motifs is 2. The molecule has 17 heavy (non-hydrogen) atoms. The van der Waals surface area contributed by atoms with Crippen molar-refractivity contribution in [3.8, 4) is 0 Å². The Morgan fingerprint density at radius 1 is 0.824 bits per heavy atom. The topological polar surface area (TPSA) is 17.1 Å². The summed E-state index contributed by atoms with van der Waals surface area (Å²) in [4.78, 5) is 12.2. The molecule has 0 amide bonds. The molecule has 2 aromatic carbocycles. The van der Waals surface area contributed by atoms with Crippen LogP contribution in [0.1, 0.15) is 27.0 Å². The molecule has 1 aliphatic rings. The number of ketones is 1. The number of hydrogen-bond acceptors (Lipinski definition) is 1. The molecule has 0 saturated carbocycles. The third kappa shape index (κ3) is 1.51. The van der Waals surface area contributed by atoms with Gasteiger partial charge < -0.3 is 0 Å². The summed E-state index contributed by atoms with van der Waals surface area (Å²) in [6.07, 6.45) is 0.464. The Labute approximate surface area is 100 Å². The van der Waals surface area contributed by atoms with E-state index in [9.17, 15) is 4.79 Å². The second kappa shape index (κ2) is 3.70. The quantitative estimate of drug-likeness (QED) is 0.664. The Kier molecular flexibility index (Phi) is 2.19. The minimum absolute atomic E-state index is 0.173. The van der Waals surface area contributed by atoms with Gasteiger partial charge in [0, 0.05) is 12.0 Å². The summed E-state index contributed by atoms with van der Waals surface area (Å²) in [5, 5.41) is 0. The van der Waals surface area contributed by atoms with Crippen molar-refractivity contribution < 1.29 is 4.79 Å². The zero-order chi connectivity index (χ0) is 11.8. The van der Waals surface area contributed by atoms with Gasteiger partial charge in [-0.2, -0.15) is 0 Å². The van der Waals surface area contributed by atoms with E-state index < -0.39 is 0 Å². The molecule has 0 fully saturated rings. The molecule has 82 valence electrons. The van der Waals surface area contributed by atoms with Crippen LogP contribution in [0, 0.1) is 0 Å². The van der Waals surface area contributed by atoms with E-state index in [1.807, 2.05) is 48.5 Å². The van der Waals surface area contributed by atoms with Gasteiger partial charge in [0.15, 0.2) is 5.78 Å². The molecule has 0 bridgehead atoms. The zero-order valence-electron chi connectivity index (χ0n) is 9.44. The molecule has 1 nitrogen and oxygen atoms in total. The molecule has 0 atom stereocenters. The van der Waals surface area contributed by atoms with Crippen molar-refractivity contribution in [2.24, 2.45) is 0 Å². The van der Waals surface area contributed by atoms with Crippen LogP contribution in [0.15, 0.2) is 55.1 Å². The first-order valence-electron chi connectivity index (χ1n) is 5.67. The Hall–Kier alpha value is -2.15. The van der Waals surface area contributed by atoms with Crippen LogP contribution in [-0.4, -0.2) is 5.78 Å². The van der Waals surface area contributed by atoms with Gasteiger partial charge in [-0.05, 0) is 22.3 Å². The van der Waals surface area contributed by atoms with Gasteiger partial charge in [0.1, 0.15) is 0 Å².